The molecule has 0 aromatic heterocycles. The Hall–Kier alpha value is -2.84. The molecular formula is C44H54IO4PSi. The average molecular weight is 833 g/mol. The molecule has 0 unspecified atom stereocenters. The fraction of sp³-hybridized carbons (Fsp3) is 0.318. The molecule has 7 heteroatoms. The molecular weight excluding hydrogens is 778 g/mol. The van der Waals surface area contributed by atoms with Gasteiger partial charge >= 0.3 is 0 Å². The standard InChI is InChI=1S/C44H54O4PSi.HI/c1-44(2,3)50(5,6)48-35-43(47-33-36-19-11-7-12-20-36)42(46-34-37-27-29-38(45-4)30-28-37)31-32-49(39-21-13-8-14-22-39,40-23-15-9-16-24-40)41-25-17-10-18-26-41;/h7-30,42-43H,31-35H2,1-6H3;1H/q+1;/p-1/t42-,43-;/m1./s1. The minimum atomic E-state index is -2.09. The van der Waals surface area contributed by atoms with Crippen molar-refractivity contribution in [1.29, 1.82) is 0 Å². The van der Waals surface area contributed by atoms with Crippen molar-refractivity contribution in [2.75, 3.05) is 19.9 Å². The highest BCUT2D eigenvalue weighted by atomic mass is 127. The molecule has 5 aromatic carbocycles. The summed E-state index contributed by atoms with van der Waals surface area (Å²) < 4.78 is 26.2. The maximum absolute atomic E-state index is 6.99. The number of halogens is 1. The van der Waals surface area contributed by atoms with Gasteiger partial charge in [-0.2, -0.15) is 0 Å². The molecule has 0 saturated carbocycles. The topological polar surface area (TPSA) is 36.9 Å². The third-order valence-electron chi connectivity index (χ3n) is 10.1. The van der Waals surface area contributed by atoms with Gasteiger partial charge in [-0.15, -0.1) is 0 Å². The number of hydrogen-bond acceptors (Lipinski definition) is 4. The molecule has 0 bridgehead atoms. The molecule has 2 atom stereocenters. The van der Waals surface area contributed by atoms with Gasteiger partial charge in [0.15, 0.2) is 8.32 Å². The van der Waals surface area contributed by atoms with Gasteiger partial charge in [-0.1, -0.05) is 118 Å². The number of rotatable bonds is 17. The van der Waals surface area contributed by atoms with E-state index in [1.54, 1.807) is 7.11 Å². The van der Waals surface area contributed by atoms with Gasteiger partial charge in [0.25, 0.3) is 0 Å². The third kappa shape index (κ3) is 10.8. The Morgan fingerprint density at radius 3 is 1.41 bits per heavy atom. The van der Waals surface area contributed by atoms with Crippen LogP contribution < -0.4 is 44.6 Å². The Morgan fingerprint density at radius 2 is 0.980 bits per heavy atom. The van der Waals surface area contributed by atoms with Crippen LogP contribution in [-0.4, -0.2) is 40.4 Å². The molecule has 0 saturated heterocycles. The lowest BCUT2D eigenvalue weighted by atomic mass is 10.1. The second-order valence-corrected chi connectivity index (χ2v) is 22.9. The number of benzene rings is 5. The van der Waals surface area contributed by atoms with E-state index < -0.39 is 15.6 Å². The molecule has 0 aliphatic carbocycles. The predicted octanol–water partition coefficient (Wildman–Crippen LogP) is 6.58. The number of hydrogen-bond donors (Lipinski definition) is 0. The summed E-state index contributed by atoms with van der Waals surface area (Å²) in [6.07, 6.45) is 1.22. The Morgan fingerprint density at radius 1 is 0.569 bits per heavy atom. The number of methoxy groups -OCH3 is 1. The smallest absolute Gasteiger partial charge is 0.192 e. The molecule has 5 aromatic rings. The van der Waals surface area contributed by atoms with Crippen molar-refractivity contribution in [2.45, 2.75) is 70.7 Å². The van der Waals surface area contributed by atoms with E-state index in [2.05, 4.69) is 161 Å². The second-order valence-electron chi connectivity index (χ2n) is 14.4. The first kappa shape index (κ1) is 40.9. The molecule has 4 nitrogen and oxygen atoms in total. The highest BCUT2D eigenvalue weighted by Gasteiger charge is 2.46. The van der Waals surface area contributed by atoms with E-state index >= 15 is 0 Å². The zero-order valence-electron chi connectivity index (χ0n) is 31.0. The molecule has 0 amide bonds. The molecule has 0 aliphatic heterocycles. The summed E-state index contributed by atoms with van der Waals surface area (Å²) in [5.41, 5.74) is 2.23. The van der Waals surface area contributed by atoms with Gasteiger partial charge in [-0.25, -0.2) is 0 Å². The van der Waals surface area contributed by atoms with Crippen LogP contribution in [0.1, 0.15) is 38.3 Å². The van der Waals surface area contributed by atoms with Gasteiger partial charge in [0, 0.05) is 6.42 Å². The van der Waals surface area contributed by atoms with Crippen LogP contribution >= 0.6 is 7.26 Å². The average Bonchev–Trinajstić information content (AvgIpc) is 3.15. The fourth-order valence-electron chi connectivity index (χ4n) is 6.05. The summed E-state index contributed by atoms with van der Waals surface area (Å²) >= 11 is 0. The first-order chi connectivity index (χ1) is 24.1. The lowest BCUT2D eigenvalue weighted by molar-refractivity contribution is -0.102. The Kier molecular flexibility index (Phi) is 15.5. The minimum Gasteiger partial charge on any atom is -1.00 e. The molecule has 0 spiro atoms. The molecule has 0 heterocycles. The Balaban J connectivity index is 0.00000583. The third-order valence-corrected chi connectivity index (χ3v) is 19.1. The normalized spacial score (nSPS) is 13.2. The van der Waals surface area contributed by atoms with Crippen molar-refractivity contribution < 1.29 is 42.6 Å². The van der Waals surface area contributed by atoms with E-state index in [0.29, 0.717) is 19.8 Å². The lowest BCUT2D eigenvalue weighted by Gasteiger charge is -2.38. The van der Waals surface area contributed by atoms with Gasteiger partial charge in [-0.3, -0.25) is 0 Å². The SMILES string of the molecule is COc1ccc(CO[C@H](CC[P+](c2ccccc2)(c2ccccc2)c2ccccc2)[C@@H](CO[Si](C)(C)C(C)(C)C)OCc2ccccc2)cc1.[I-]. The van der Waals surface area contributed by atoms with E-state index in [4.69, 9.17) is 18.6 Å². The van der Waals surface area contributed by atoms with Crippen LogP contribution in [0.15, 0.2) is 146 Å². The van der Waals surface area contributed by atoms with E-state index in [1.807, 2.05) is 18.2 Å². The van der Waals surface area contributed by atoms with Crippen molar-refractivity contribution in [1.82, 2.24) is 0 Å². The summed E-state index contributed by atoms with van der Waals surface area (Å²) in [6, 6.07) is 51.8. The molecule has 0 aliphatic rings. The van der Waals surface area contributed by atoms with Crippen LogP contribution in [0.5, 0.6) is 5.75 Å². The molecule has 0 radical (unpaired) electrons. The maximum atomic E-state index is 6.99. The molecule has 51 heavy (non-hydrogen) atoms. The number of ether oxygens (including phenoxy) is 3. The summed E-state index contributed by atoms with van der Waals surface area (Å²) in [7, 11) is -2.48. The largest absolute Gasteiger partial charge is 1.00 e. The molecule has 0 N–H and O–H groups in total. The molecule has 5 rings (SSSR count). The summed E-state index contributed by atoms with van der Waals surface area (Å²) in [4.78, 5) is 0. The zero-order valence-corrected chi connectivity index (χ0v) is 35.1. The van der Waals surface area contributed by atoms with E-state index in [-0.39, 0.29) is 41.2 Å². The van der Waals surface area contributed by atoms with Crippen LogP contribution in [0, 0.1) is 0 Å². The van der Waals surface area contributed by atoms with E-state index in [9.17, 15) is 0 Å². The highest BCUT2D eigenvalue weighted by Crippen LogP contribution is 2.56. The highest BCUT2D eigenvalue weighted by molar-refractivity contribution is 7.95. The van der Waals surface area contributed by atoms with Crippen molar-refractivity contribution in [3.8, 4) is 5.75 Å². The zero-order chi connectivity index (χ0) is 35.5. The van der Waals surface area contributed by atoms with E-state index in [0.717, 1.165) is 29.5 Å². The first-order valence-corrected chi connectivity index (χ1v) is 22.6. The van der Waals surface area contributed by atoms with E-state index in [1.165, 1.54) is 15.9 Å². The van der Waals surface area contributed by atoms with Crippen LogP contribution in [0.25, 0.3) is 0 Å². The monoisotopic (exact) mass is 832 g/mol. The van der Waals surface area contributed by atoms with Crippen LogP contribution in [0.4, 0.5) is 0 Å². The van der Waals surface area contributed by atoms with Crippen LogP contribution in [0.2, 0.25) is 18.1 Å². The Labute approximate surface area is 325 Å². The van der Waals surface area contributed by atoms with Crippen molar-refractivity contribution in [3.05, 3.63) is 157 Å². The molecule has 0 fully saturated rings. The minimum absolute atomic E-state index is 0. The quantitative estimate of drug-likeness (QED) is 0.0604. The van der Waals surface area contributed by atoms with Crippen molar-refractivity contribution >= 4 is 31.5 Å². The summed E-state index contributed by atoms with van der Waals surface area (Å²) in [5, 5.41) is 4.17. The van der Waals surface area contributed by atoms with Gasteiger partial charge in [-0.05, 0) is 77.8 Å². The van der Waals surface area contributed by atoms with Gasteiger partial charge < -0.3 is 42.6 Å². The lowest BCUT2D eigenvalue weighted by Crippen LogP contribution is -3.00. The predicted molar refractivity (Wildman–Crippen MR) is 214 cm³/mol. The Bertz CT molecular complexity index is 1600. The van der Waals surface area contributed by atoms with Crippen molar-refractivity contribution in [2.24, 2.45) is 0 Å². The van der Waals surface area contributed by atoms with Gasteiger partial charge in [0.1, 0.15) is 35.0 Å². The van der Waals surface area contributed by atoms with Crippen LogP contribution in [0.3, 0.4) is 0 Å². The summed E-state index contributed by atoms with van der Waals surface area (Å²) in [5.74, 6) is 0.834. The van der Waals surface area contributed by atoms with Crippen molar-refractivity contribution in [3.63, 3.8) is 0 Å². The van der Waals surface area contributed by atoms with Gasteiger partial charge in [0.05, 0.1) is 39.2 Å². The molecule has 270 valence electrons. The van der Waals surface area contributed by atoms with Crippen LogP contribution in [-0.2, 0) is 27.1 Å². The summed E-state index contributed by atoms with van der Waals surface area (Å²) in [6.45, 7) is 12.9. The first-order valence-electron chi connectivity index (χ1n) is 17.7. The van der Waals surface area contributed by atoms with Gasteiger partial charge in [0.2, 0.25) is 0 Å². The fourth-order valence-corrected chi connectivity index (χ4v) is 11.4. The maximum Gasteiger partial charge on any atom is 0.192 e. The second kappa shape index (κ2) is 19.3.